The lowest BCUT2D eigenvalue weighted by atomic mass is 9.96. The van der Waals surface area contributed by atoms with Crippen LogP contribution in [0.1, 0.15) is 6.92 Å². The number of methoxy groups -OCH3 is 1. The number of ether oxygens (including phenoxy) is 7. The monoisotopic (exact) mass is 713 g/mol. The molecule has 278 valence electrons. The van der Waals surface area contributed by atoms with Gasteiger partial charge in [0.15, 0.2) is 18.9 Å². The summed E-state index contributed by atoms with van der Waals surface area (Å²) in [5, 5.41) is 114. The summed E-state index contributed by atoms with van der Waals surface area (Å²) in [4.78, 5) is 11.4. The summed E-state index contributed by atoms with van der Waals surface area (Å²) in [6, 6.07) is 0. The number of rotatable bonds is 15. The van der Waals surface area contributed by atoms with E-state index in [-0.39, 0.29) is 0 Å². The van der Waals surface area contributed by atoms with E-state index >= 15 is 0 Å². The van der Waals surface area contributed by atoms with Gasteiger partial charge in [-0.1, -0.05) is 0 Å². The van der Waals surface area contributed by atoms with Crippen molar-refractivity contribution < 1.29 is 103 Å². The summed E-state index contributed by atoms with van der Waals surface area (Å²) in [5.41, 5.74) is 0. The lowest BCUT2D eigenvalue weighted by molar-refractivity contribution is -0.383. The molecule has 3 aliphatic rings. The van der Waals surface area contributed by atoms with E-state index in [1.807, 2.05) is 0 Å². The number of hydrogen-bond donors (Lipinski definition) is 11. The highest BCUT2D eigenvalue weighted by atomic mass is 31.2. The highest BCUT2D eigenvalue weighted by Crippen LogP contribution is 2.34. The van der Waals surface area contributed by atoms with Crippen molar-refractivity contribution in [3.63, 3.8) is 0 Å². The Kier molecular flexibility index (Phi) is 15.3. The second-order valence-corrected chi connectivity index (χ2v) is 13.3. The minimum atomic E-state index is -4.33. The SMILES string of the molecule is COC1C(OC2C(O)C(CO)OC(OC3C(O)C(C)OC(OC(C(O)CO)C(O)COP(C)(=O)[O-])C3O)C2O)OC(CO)C(O)C1O. The zero-order valence-electron chi connectivity index (χ0n) is 25.7. The van der Waals surface area contributed by atoms with Gasteiger partial charge >= 0.3 is 0 Å². The van der Waals surface area contributed by atoms with Crippen molar-refractivity contribution in [1.82, 2.24) is 0 Å². The van der Waals surface area contributed by atoms with Crippen molar-refractivity contribution in [2.24, 2.45) is 0 Å². The van der Waals surface area contributed by atoms with E-state index in [1.54, 1.807) is 0 Å². The fraction of sp³-hybridized carbons (Fsp3) is 1.00. The highest BCUT2D eigenvalue weighted by Gasteiger charge is 2.54. The zero-order valence-corrected chi connectivity index (χ0v) is 26.6. The van der Waals surface area contributed by atoms with Gasteiger partial charge in [0.2, 0.25) is 0 Å². The highest BCUT2D eigenvalue weighted by molar-refractivity contribution is 7.50. The third kappa shape index (κ3) is 9.82. The summed E-state index contributed by atoms with van der Waals surface area (Å²) in [5.74, 6) is 0. The molecular formula is C25H46O21P-. The number of aliphatic hydroxyl groups is 11. The molecule has 22 heteroatoms. The molecule has 0 spiro atoms. The lowest BCUT2D eigenvalue weighted by Gasteiger charge is -2.48. The van der Waals surface area contributed by atoms with Gasteiger partial charge in [0.05, 0.1) is 32.5 Å². The van der Waals surface area contributed by atoms with E-state index < -0.39 is 144 Å². The van der Waals surface area contributed by atoms with Crippen LogP contribution in [0.2, 0.25) is 0 Å². The Balaban J connectivity index is 1.81. The molecule has 19 unspecified atom stereocenters. The standard InChI is InChI=1S/C25H47O21P/c1-8-13(31)20(17(35)23(41-8)44-19(9(29)4-26)10(30)7-40-47(3,37)38)45-24-18(36)21(15(33)12(6-28)42-24)46-25-22(39-2)16(34)14(32)11(5-27)43-25/h8-36H,4-7H2,1-3H3,(H,37,38)/p-1. The van der Waals surface area contributed by atoms with Crippen LogP contribution in [0, 0.1) is 0 Å². The molecule has 0 bridgehead atoms. The van der Waals surface area contributed by atoms with Gasteiger partial charge in [0.25, 0.3) is 0 Å². The van der Waals surface area contributed by atoms with E-state index in [9.17, 15) is 65.6 Å². The Morgan fingerprint density at radius 1 is 0.723 bits per heavy atom. The van der Waals surface area contributed by atoms with Crippen LogP contribution in [0.25, 0.3) is 0 Å². The fourth-order valence-corrected chi connectivity index (χ4v) is 5.75. The molecule has 21 nitrogen and oxygen atoms in total. The zero-order chi connectivity index (χ0) is 35.4. The predicted molar refractivity (Wildman–Crippen MR) is 146 cm³/mol. The van der Waals surface area contributed by atoms with Crippen molar-refractivity contribution in [3.8, 4) is 0 Å². The van der Waals surface area contributed by atoms with Gasteiger partial charge < -0.3 is 103 Å². The Morgan fingerprint density at radius 2 is 1.26 bits per heavy atom. The Hall–Kier alpha value is -0.570. The number of hydrogen-bond acceptors (Lipinski definition) is 21. The maximum Gasteiger partial charge on any atom is 0.187 e. The van der Waals surface area contributed by atoms with Crippen LogP contribution in [0.3, 0.4) is 0 Å². The van der Waals surface area contributed by atoms with Gasteiger partial charge in [-0.3, -0.25) is 0 Å². The third-order valence-corrected chi connectivity index (χ3v) is 8.62. The van der Waals surface area contributed by atoms with Crippen LogP contribution in [-0.4, -0.2) is 207 Å². The Bertz CT molecular complexity index is 990. The number of aliphatic hydroxyl groups excluding tert-OH is 11. The minimum absolute atomic E-state index is 0.729. The normalized spacial score (nSPS) is 44.8. The van der Waals surface area contributed by atoms with Gasteiger partial charge in [-0.15, -0.1) is 0 Å². The first-order chi connectivity index (χ1) is 22.0. The fourth-order valence-electron chi connectivity index (χ4n) is 5.33. The van der Waals surface area contributed by atoms with Crippen LogP contribution >= 0.6 is 7.60 Å². The molecule has 0 radical (unpaired) electrons. The van der Waals surface area contributed by atoms with E-state index in [0.717, 1.165) is 13.8 Å². The molecular weight excluding hydrogens is 667 g/mol. The maximum absolute atomic E-state index is 11.4. The molecule has 0 aliphatic carbocycles. The molecule has 3 saturated heterocycles. The van der Waals surface area contributed by atoms with Crippen molar-refractivity contribution in [2.75, 3.05) is 40.2 Å². The van der Waals surface area contributed by atoms with E-state index in [2.05, 4.69) is 4.52 Å². The molecule has 11 N–H and O–H groups in total. The van der Waals surface area contributed by atoms with Crippen molar-refractivity contribution >= 4 is 7.60 Å². The lowest BCUT2D eigenvalue weighted by Crippen LogP contribution is -2.67. The van der Waals surface area contributed by atoms with E-state index in [0.29, 0.717) is 0 Å². The summed E-state index contributed by atoms with van der Waals surface area (Å²) < 4.78 is 54.4. The second kappa shape index (κ2) is 17.6. The van der Waals surface area contributed by atoms with Crippen LogP contribution in [-0.2, 0) is 42.2 Å². The molecule has 0 amide bonds. The van der Waals surface area contributed by atoms with Crippen LogP contribution in [0.4, 0.5) is 0 Å². The van der Waals surface area contributed by atoms with Crippen LogP contribution in [0.15, 0.2) is 0 Å². The largest absolute Gasteiger partial charge is 0.779 e. The molecule has 3 fully saturated rings. The molecule has 0 aromatic heterocycles. The van der Waals surface area contributed by atoms with Gasteiger partial charge in [0.1, 0.15) is 93.1 Å². The van der Waals surface area contributed by atoms with E-state index in [4.69, 9.17) is 33.2 Å². The van der Waals surface area contributed by atoms with Crippen molar-refractivity contribution in [1.29, 1.82) is 0 Å². The Morgan fingerprint density at radius 3 is 1.81 bits per heavy atom. The average Bonchev–Trinajstić information content (AvgIpc) is 3.02. The average molecular weight is 714 g/mol. The van der Waals surface area contributed by atoms with Gasteiger partial charge in [-0.2, -0.15) is 0 Å². The van der Waals surface area contributed by atoms with Gasteiger partial charge in [-0.25, -0.2) is 0 Å². The minimum Gasteiger partial charge on any atom is -0.779 e. The second-order valence-electron chi connectivity index (χ2n) is 11.5. The van der Waals surface area contributed by atoms with Crippen molar-refractivity contribution in [3.05, 3.63) is 0 Å². The quantitative estimate of drug-likeness (QED) is 0.0702. The molecule has 0 aromatic rings. The molecule has 3 rings (SSSR count). The maximum atomic E-state index is 11.4. The Labute approximate surface area is 268 Å². The summed E-state index contributed by atoms with van der Waals surface area (Å²) >= 11 is 0. The first-order valence-electron chi connectivity index (χ1n) is 14.6. The van der Waals surface area contributed by atoms with E-state index in [1.165, 1.54) is 6.92 Å². The van der Waals surface area contributed by atoms with Gasteiger partial charge in [-0.05, 0) is 6.92 Å². The van der Waals surface area contributed by atoms with Crippen molar-refractivity contribution in [2.45, 2.75) is 117 Å². The topological polar surface area (TPSA) is 337 Å². The smallest absolute Gasteiger partial charge is 0.187 e. The van der Waals surface area contributed by atoms with Gasteiger partial charge in [0, 0.05) is 13.8 Å². The first-order valence-corrected chi connectivity index (χ1v) is 16.6. The first kappa shape index (κ1) is 40.9. The summed E-state index contributed by atoms with van der Waals surface area (Å²) in [7, 11) is -3.18. The molecule has 47 heavy (non-hydrogen) atoms. The van der Waals surface area contributed by atoms with Crippen LogP contribution in [0.5, 0.6) is 0 Å². The van der Waals surface area contributed by atoms with Crippen LogP contribution < -0.4 is 4.89 Å². The molecule has 0 saturated carbocycles. The summed E-state index contributed by atoms with van der Waals surface area (Å²) in [6.07, 6.45) is -30.4. The third-order valence-electron chi connectivity index (χ3n) is 8.00. The molecule has 3 heterocycles. The predicted octanol–water partition coefficient (Wildman–Crippen LogP) is -7.58. The molecule has 19 atom stereocenters. The molecule has 0 aromatic carbocycles. The molecule has 3 aliphatic heterocycles. The summed E-state index contributed by atoms with van der Waals surface area (Å²) in [6.45, 7) is -1.45.